The summed E-state index contributed by atoms with van der Waals surface area (Å²) in [7, 11) is 0. The molecule has 8 nitrogen and oxygen atoms in total. The van der Waals surface area contributed by atoms with Crippen LogP contribution in [0.25, 0.3) is 106 Å². The van der Waals surface area contributed by atoms with Gasteiger partial charge in [0.15, 0.2) is 0 Å². The summed E-state index contributed by atoms with van der Waals surface area (Å²) in [6.45, 7) is 5.64. The van der Waals surface area contributed by atoms with Gasteiger partial charge in [-0.3, -0.25) is 29.1 Å². The van der Waals surface area contributed by atoms with Gasteiger partial charge >= 0.3 is 0 Å². The van der Waals surface area contributed by atoms with E-state index in [0.717, 1.165) is 112 Å². The summed E-state index contributed by atoms with van der Waals surface area (Å²) in [4.78, 5) is 28.3. The zero-order valence-corrected chi connectivity index (χ0v) is 35.5. The van der Waals surface area contributed by atoms with Crippen LogP contribution in [0, 0.1) is 0 Å². The summed E-state index contributed by atoms with van der Waals surface area (Å²) in [5, 5.41) is 0. The summed E-state index contributed by atoms with van der Waals surface area (Å²) in [5.74, 6) is 1.73. The average molecular weight is 837 g/mol. The quantitative estimate of drug-likeness (QED) is 0.101. The number of rotatable bonds is 10. The van der Waals surface area contributed by atoms with E-state index in [1.807, 2.05) is 36.5 Å². The lowest BCUT2D eigenvalue weighted by Crippen LogP contribution is -1.98. The Balaban J connectivity index is 0.930. The Kier molecular flexibility index (Phi) is 10.1. The second-order valence-corrected chi connectivity index (χ2v) is 15.8. The maximum absolute atomic E-state index is 5.15. The number of aliphatic imine (C=N–C) groups is 1. The predicted molar refractivity (Wildman–Crippen MR) is 266 cm³/mol. The van der Waals surface area contributed by atoms with Gasteiger partial charge < -0.3 is 0 Å². The van der Waals surface area contributed by atoms with Crippen molar-refractivity contribution in [3.63, 3.8) is 0 Å². The van der Waals surface area contributed by atoms with Crippen molar-refractivity contribution in [2.75, 3.05) is 0 Å². The van der Waals surface area contributed by atoms with Gasteiger partial charge in [0, 0.05) is 70.2 Å². The second kappa shape index (κ2) is 16.8. The fourth-order valence-electron chi connectivity index (χ4n) is 8.68. The van der Waals surface area contributed by atoms with E-state index in [1.54, 1.807) is 24.8 Å². The van der Waals surface area contributed by atoms with Crippen LogP contribution in [-0.4, -0.2) is 40.8 Å². The lowest BCUT2D eigenvalue weighted by Gasteiger charge is -2.14. The molecule has 0 spiro atoms. The molecule has 0 aliphatic carbocycles. The SMILES string of the molecule is C=N/C=C\C=C(/C)c1cccc(-n2c(-c3ccc(-c4ccc(-c5ccc(-c6nc7ccccc7n6-c6cccc(-c7cccnc7)c6)cc5)c5nccnc45)cc3)nc3ccccc32)c1. The Labute approximate surface area is 376 Å². The molecular formula is C57H40N8. The minimum Gasteiger partial charge on any atom is -0.292 e. The van der Waals surface area contributed by atoms with Crippen LogP contribution in [-0.2, 0) is 0 Å². The molecule has 0 atom stereocenters. The number of hydrogen-bond acceptors (Lipinski definition) is 6. The normalized spacial score (nSPS) is 11.9. The molecule has 11 aromatic rings. The highest BCUT2D eigenvalue weighted by Crippen LogP contribution is 2.37. The molecule has 0 saturated heterocycles. The molecule has 0 aliphatic rings. The summed E-state index contributed by atoms with van der Waals surface area (Å²) in [6.07, 6.45) is 12.9. The van der Waals surface area contributed by atoms with Crippen molar-refractivity contribution >= 4 is 45.4 Å². The number of aromatic nitrogens is 7. The number of para-hydroxylation sites is 4. The van der Waals surface area contributed by atoms with Crippen LogP contribution in [0.15, 0.2) is 218 Å². The molecular weight excluding hydrogens is 797 g/mol. The van der Waals surface area contributed by atoms with Crippen molar-refractivity contribution in [1.29, 1.82) is 0 Å². The molecule has 4 heterocycles. The molecule has 7 aromatic carbocycles. The molecule has 11 rings (SSSR count). The van der Waals surface area contributed by atoms with Crippen LogP contribution in [0.4, 0.5) is 0 Å². The van der Waals surface area contributed by atoms with E-state index >= 15 is 0 Å². The van der Waals surface area contributed by atoms with Crippen molar-refractivity contribution in [1.82, 2.24) is 34.1 Å². The number of nitrogens with zero attached hydrogens (tertiary/aromatic N) is 8. The predicted octanol–water partition coefficient (Wildman–Crippen LogP) is 13.7. The highest BCUT2D eigenvalue weighted by Gasteiger charge is 2.19. The van der Waals surface area contributed by atoms with Crippen LogP contribution in [0.3, 0.4) is 0 Å². The minimum atomic E-state index is 0.836. The molecule has 65 heavy (non-hydrogen) atoms. The van der Waals surface area contributed by atoms with Crippen LogP contribution < -0.4 is 0 Å². The third-order valence-electron chi connectivity index (χ3n) is 11.9. The van der Waals surface area contributed by atoms with E-state index in [9.17, 15) is 0 Å². The maximum atomic E-state index is 5.15. The molecule has 4 aromatic heterocycles. The molecule has 308 valence electrons. The lowest BCUT2D eigenvalue weighted by molar-refractivity contribution is 1.10. The zero-order chi connectivity index (χ0) is 43.7. The first-order chi connectivity index (χ1) is 32.1. The van der Waals surface area contributed by atoms with Gasteiger partial charge in [0.2, 0.25) is 0 Å². The molecule has 0 unspecified atom stereocenters. The fourth-order valence-corrected chi connectivity index (χ4v) is 8.68. The first-order valence-electron chi connectivity index (χ1n) is 21.4. The Hall–Kier alpha value is -8.88. The van der Waals surface area contributed by atoms with Crippen molar-refractivity contribution in [2.24, 2.45) is 4.99 Å². The standard InChI is InChI=1S/C57H40N8/c1-38(11-9-31-58-2)43-12-7-15-46(35-43)64-52-19-5-3-17-50(52)62-56(64)41-25-21-39(22-26-41)48-29-30-49(55-54(48)60-33-34-61-55)40-23-27-42(28-24-40)57-63-51-18-4-6-20-53(51)65(57)47-16-8-13-44(36-47)45-14-10-32-59-37-45/h3-37H,2H2,1H3/b31-9-,38-11+. The first kappa shape index (κ1) is 39.0. The van der Waals surface area contributed by atoms with E-state index in [1.165, 1.54) is 0 Å². The van der Waals surface area contributed by atoms with Gasteiger partial charge in [-0.05, 0) is 102 Å². The van der Waals surface area contributed by atoms with Gasteiger partial charge in [0.1, 0.15) is 11.6 Å². The van der Waals surface area contributed by atoms with Crippen LogP contribution in [0.1, 0.15) is 12.5 Å². The number of imidazole rings is 2. The smallest absolute Gasteiger partial charge is 0.145 e. The van der Waals surface area contributed by atoms with Gasteiger partial charge in [-0.15, -0.1) is 0 Å². The summed E-state index contributed by atoms with van der Waals surface area (Å²) >= 11 is 0. The molecule has 8 heteroatoms. The first-order valence-corrected chi connectivity index (χ1v) is 21.4. The van der Waals surface area contributed by atoms with E-state index in [2.05, 4.69) is 184 Å². The van der Waals surface area contributed by atoms with Crippen LogP contribution in [0.2, 0.25) is 0 Å². The van der Waals surface area contributed by atoms with Gasteiger partial charge in [-0.2, -0.15) is 0 Å². The number of hydrogen-bond donors (Lipinski definition) is 0. The van der Waals surface area contributed by atoms with E-state index in [4.69, 9.17) is 19.9 Å². The monoisotopic (exact) mass is 836 g/mol. The minimum absolute atomic E-state index is 0.836. The number of allylic oxidation sites excluding steroid dienone is 3. The maximum Gasteiger partial charge on any atom is 0.145 e. The fraction of sp³-hybridized carbons (Fsp3) is 0.0175. The third kappa shape index (κ3) is 7.28. The lowest BCUT2D eigenvalue weighted by atomic mass is 9.96. The summed E-state index contributed by atoms with van der Waals surface area (Å²) < 4.78 is 4.47. The van der Waals surface area contributed by atoms with Crippen molar-refractivity contribution < 1.29 is 0 Å². The molecule has 0 N–H and O–H groups in total. The van der Waals surface area contributed by atoms with Crippen molar-refractivity contribution in [3.8, 4) is 67.5 Å². The largest absolute Gasteiger partial charge is 0.292 e. The van der Waals surface area contributed by atoms with Crippen LogP contribution in [0.5, 0.6) is 0 Å². The summed E-state index contributed by atoms with van der Waals surface area (Å²) in [5.41, 5.74) is 18.2. The second-order valence-electron chi connectivity index (χ2n) is 15.8. The Bertz CT molecular complexity index is 3620. The number of pyridine rings is 1. The van der Waals surface area contributed by atoms with E-state index < -0.39 is 0 Å². The van der Waals surface area contributed by atoms with E-state index in [-0.39, 0.29) is 0 Å². The van der Waals surface area contributed by atoms with Gasteiger partial charge in [-0.1, -0.05) is 121 Å². The third-order valence-corrected chi connectivity index (χ3v) is 11.9. The van der Waals surface area contributed by atoms with Crippen molar-refractivity contribution in [3.05, 3.63) is 219 Å². The average Bonchev–Trinajstić information content (AvgIpc) is 3.96. The Morgan fingerprint density at radius 3 is 1.62 bits per heavy atom. The highest BCUT2D eigenvalue weighted by molar-refractivity contribution is 6.00. The van der Waals surface area contributed by atoms with Gasteiger partial charge in [-0.25, -0.2) is 9.97 Å². The number of benzene rings is 7. The van der Waals surface area contributed by atoms with Crippen molar-refractivity contribution in [2.45, 2.75) is 6.92 Å². The number of fused-ring (bicyclic) bond motifs is 3. The molecule has 0 amide bonds. The van der Waals surface area contributed by atoms with Crippen LogP contribution >= 0.6 is 0 Å². The van der Waals surface area contributed by atoms with E-state index in [0.29, 0.717) is 0 Å². The highest BCUT2D eigenvalue weighted by atomic mass is 15.1. The van der Waals surface area contributed by atoms with Gasteiger partial charge in [0.25, 0.3) is 0 Å². The Morgan fingerprint density at radius 2 is 1.05 bits per heavy atom. The topological polar surface area (TPSA) is 86.7 Å². The molecule has 0 bridgehead atoms. The van der Waals surface area contributed by atoms with Gasteiger partial charge in [0.05, 0.1) is 33.1 Å². The molecule has 0 saturated carbocycles. The molecule has 0 fully saturated rings. The summed E-state index contributed by atoms with van der Waals surface area (Å²) in [6, 6.07) is 59.2. The zero-order valence-electron chi connectivity index (χ0n) is 35.5. The molecule has 0 radical (unpaired) electrons. The molecule has 0 aliphatic heterocycles. The Morgan fingerprint density at radius 1 is 0.508 bits per heavy atom.